The van der Waals surface area contributed by atoms with E-state index in [2.05, 4.69) is 36.4 Å². The SMILES string of the molecule is CN(CC(=O)OCCOCCOCCOC(=O)CCC(=O)ON1C(=O)C2C3C=CC(C3)C2C1=O)C(c1ccccc1)(c1ccccc1)c1ccccc1. The minimum Gasteiger partial charge on any atom is -0.463 e. The normalized spacial score (nSPS) is 20.2. The standard InChI is InChI=1S/C41H44N2O10/c1-42(41(31-11-5-2-6-12-31,32-13-7-3-8-14-32)33-15-9-4-10-16-33)28-36(46)52-26-24-50-22-21-49-23-25-51-34(44)19-20-35(45)53-43-39(47)37-29-17-18-30(27-29)38(37)40(43)48/h2-18,29-30,37-38H,19-28H2,1H3. The summed E-state index contributed by atoms with van der Waals surface area (Å²) in [7, 11) is 1.92. The van der Waals surface area contributed by atoms with Crippen molar-refractivity contribution in [1.29, 1.82) is 0 Å². The molecule has 278 valence electrons. The Balaban J connectivity index is 0.843. The second-order valence-corrected chi connectivity index (χ2v) is 13.3. The molecule has 0 radical (unpaired) electrons. The fourth-order valence-corrected chi connectivity index (χ4v) is 7.70. The number of allylic oxidation sites excluding steroid dienone is 2. The topological polar surface area (TPSA) is 138 Å². The molecule has 3 aromatic carbocycles. The summed E-state index contributed by atoms with van der Waals surface area (Å²) in [6.45, 7) is 0.828. The lowest BCUT2D eigenvalue weighted by atomic mass is 9.76. The van der Waals surface area contributed by atoms with Gasteiger partial charge in [-0.1, -0.05) is 103 Å². The Kier molecular flexibility index (Phi) is 12.5. The van der Waals surface area contributed by atoms with Gasteiger partial charge in [-0.3, -0.25) is 24.1 Å². The number of carbonyl (C=O) groups is 5. The molecule has 12 heteroatoms. The van der Waals surface area contributed by atoms with Crippen LogP contribution in [-0.4, -0.2) is 92.9 Å². The Morgan fingerprint density at radius 2 is 1.04 bits per heavy atom. The van der Waals surface area contributed by atoms with Crippen molar-refractivity contribution >= 4 is 29.7 Å². The van der Waals surface area contributed by atoms with Crippen LogP contribution >= 0.6 is 0 Å². The molecule has 1 aliphatic heterocycles. The average Bonchev–Trinajstić information content (AvgIpc) is 3.87. The Bertz CT molecular complexity index is 1640. The van der Waals surface area contributed by atoms with Gasteiger partial charge in [0, 0.05) is 0 Å². The van der Waals surface area contributed by atoms with Crippen LogP contribution in [0.2, 0.25) is 0 Å². The monoisotopic (exact) mass is 724 g/mol. The second kappa shape index (κ2) is 17.6. The van der Waals surface area contributed by atoms with Gasteiger partial charge in [-0.05, 0) is 42.0 Å². The summed E-state index contributed by atoms with van der Waals surface area (Å²) in [6, 6.07) is 30.3. The predicted octanol–water partition coefficient (Wildman–Crippen LogP) is 4.08. The zero-order valence-electron chi connectivity index (χ0n) is 29.7. The van der Waals surface area contributed by atoms with Crippen molar-refractivity contribution < 1.29 is 47.8 Å². The lowest BCUT2D eigenvalue weighted by Crippen LogP contribution is -2.48. The number of carbonyl (C=O) groups excluding carboxylic acids is 5. The Morgan fingerprint density at radius 3 is 1.51 bits per heavy atom. The fraction of sp³-hybridized carbons (Fsp3) is 0.390. The quantitative estimate of drug-likeness (QED) is 0.0582. The van der Waals surface area contributed by atoms with Crippen LogP contribution in [0.3, 0.4) is 0 Å². The number of hydroxylamine groups is 2. The number of benzene rings is 3. The number of fused-ring (bicyclic) bond motifs is 5. The van der Waals surface area contributed by atoms with E-state index in [1.807, 2.05) is 78.7 Å². The van der Waals surface area contributed by atoms with Crippen molar-refractivity contribution in [3.63, 3.8) is 0 Å². The first-order chi connectivity index (χ1) is 25.8. The van der Waals surface area contributed by atoms with Crippen LogP contribution in [0, 0.1) is 23.7 Å². The molecule has 0 N–H and O–H groups in total. The molecule has 2 bridgehead atoms. The van der Waals surface area contributed by atoms with Gasteiger partial charge in [0.15, 0.2) is 0 Å². The number of imide groups is 1. The zero-order valence-corrected chi connectivity index (χ0v) is 29.7. The first kappa shape index (κ1) is 37.6. The smallest absolute Gasteiger partial charge is 0.333 e. The molecular weight excluding hydrogens is 680 g/mol. The maximum Gasteiger partial charge on any atom is 0.333 e. The second-order valence-electron chi connectivity index (χ2n) is 13.3. The van der Waals surface area contributed by atoms with E-state index in [-0.39, 0.29) is 76.8 Å². The van der Waals surface area contributed by atoms with Gasteiger partial charge >= 0.3 is 17.9 Å². The largest absolute Gasteiger partial charge is 0.463 e. The summed E-state index contributed by atoms with van der Waals surface area (Å²) in [4.78, 5) is 69.7. The van der Waals surface area contributed by atoms with Crippen LogP contribution < -0.4 is 0 Å². The van der Waals surface area contributed by atoms with Crippen LogP contribution in [0.1, 0.15) is 36.0 Å². The highest BCUT2D eigenvalue weighted by atomic mass is 16.7. The van der Waals surface area contributed by atoms with Crippen molar-refractivity contribution in [3.8, 4) is 0 Å². The van der Waals surface area contributed by atoms with Gasteiger partial charge in [-0.2, -0.15) is 0 Å². The molecule has 1 saturated heterocycles. The van der Waals surface area contributed by atoms with Crippen molar-refractivity contribution in [1.82, 2.24) is 9.96 Å². The number of hydrogen-bond donors (Lipinski definition) is 0. The summed E-state index contributed by atoms with van der Waals surface area (Å²) in [5.41, 5.74) is 2.32. The molecule has 1 heterocycles. The third-order valence-corrected chi connectivity index (χ3v) is 10.0. The minimum absolute atomic E-state index is 0.00469. The molecule has 12 nitrogen and oxygen atoms in total. The highest BCUT2D eigenvalue weighted by Gasteiger charge is 2.60. The molecule has 2 amide bonds. The third-order valence-electron chi connectivity index (χ3n) is 10.0. The van der Waals surface area contributed by atoms with E-state index in [0.29, 0.717) is 5.06 Å². The molecule has 3 aromatic rings. The van der Waals surface area contributed by atoms with Crippen LogP contribution in [0.15, 0.2) is 103 Å². The predicted molar refractivity (Wildman–Crippen MR) is 190 cm³/mol. The highest BCUT2D eigenvalue weighted by molar-refractivity contribution is 6.06. The van der Waals surface area contributed by atoms with E-state index in [4.69, 9.17) is 23.8 Å². The van der Waals surface area contributed by atoms with Gasteiger partial charge in [0.2, 0.25) is 0 Å². The van der Waals surface area contributed by atoms with Gasteiger partial charge in [0.05, 0.1) is 63.2 Å². The van der Waals surface area contributed by atoms with E-state index in [1.54, 1.807) is 0 Å². The third kappa shape index (κ3) is 8.40. The van der Waals surface area contributed by atoms with Gasteiger partial charge in [-0.15, -0.1) is 5.06 Å². The highest BCUT2D eigenvalue weighted by Crippen LogP contribution is 2.52. The number of ether oxygens (including phenoxy) is 4. The zero-order chi connectivity index (χ0) is 37.2. The summed E-state index contributed by atoms with van der Waals surface area (Å²) in [5.74, 6) is -3.80. The number of rotatable bonds is 19. The van der Waals surface area contributed by atoms with Crippen molar-refractivity contribution in [2.24, 2.45) is 23.7 Å². The van der Waals surface area contributed by atoms with E-state index in [0.717, 1.165) is 23.1 Å². The molecule has 1 saturated carbocycles. The first-order valence-corrected chi connectivity index (χ1v) is 17.9. The lowest BCUT2D eigenvalue weighted by Gasteiger charge is -2.43. The van der Waals surface area contributed by atoms with E-state index >= 15 is 0 Å². The van der Waals surface area contributed by atoms with Gasteiger partial charge in [0.25, 0.3) is 11.8 Å². The molecule has 53 heavy (non-hydrogen) atoms. The molecule has 4 unspecified atom stereocenters. The van der Waals surface area contributed by atoms with Crippen LogP contribution in [-0.2, 0) is 53.3 Å². The molecule has 0 aromatic heterocycles. The molecular formula is C41H44N2O10. The van der Waals surface area contributed by atoms with Crippen molar-refractivity contribution in [2.75, 3.05) is 53.2 Å². The number of nitrogens with zero attached hydrogens (tertiary/aromatic N) is 2. The van der Waals surface area contributed by atoms with E-state index in [1.165, 1.54) is 0 Å². The Hall–Kier alpha value is -5.17. The van der Waals surface area contributed by atoms with Gasteiger partial charge in [0.1, 0.15) is 13.2 Å². The summed E-state index contributed by atoms with van der Waals surface area (Å²) < 4.78 is 21.6. The Labute approximate surface area is 308 Å². The summed E-state index contributed by atoms with van der Waals surface area (Å²) in [6.07, 6.45) is 4.07. The fourth-order valence-electron chi connectivity index (χ4n) is 7.70. The summed E-state index contributed by atoms with van der Waals surface area (Å²) in [5, 5.41) is 0.572. The molecule has 2 fully saturated rings. The van der Waals surface area contributed by atoms with Crippen LogP contribution in [0.25, 0.3) is 0 Å². The average molecular weight is 725 g/mol. The number of esters is 2. The number of likely N-dealkylation sites (N-methyl/N-ethyl adjacent to an activating group) is 1. The lowest BCUT2D eigenvalue weighted by molar-refractivity contribution is -0.199. The van der Waals surface area contributed by atoms with Crippen LogP contribution in [0.5, 0.6) is 0 Å². The molecule has 6 rings (SSSR count). The van der Waals surface area contributed by atoms with Crippen molar-refractivity contribution in [2.45, 2.75) is 24.8 Å². The minimum atomic E-state index is -0.852. The molecule has 0 spiro atoms. The Morgan fingerprint density at radius 1 is 0.623 bits per heavy atom. The van der Waals surface area contributed by atoms with Crippen LogP contribution in [0.4, 0.5) is 0 Å². The maximum absolute atomic E-state index is 13.1. The number of amides is 2. The summed E-state index contributed by atoms with van der Waals surface area (Å²) >= 11 is 0. The van der Waals surface area contributed by atoms with Gasteiger partial charge in [-0.25, -0.2) is 4.79 Å². The van der Waals surface area contributed by atoms with E-state index in [9.17, 15) is 24.0 Å². The maximum atomic E-state index is 13.1. The van der Waals surface area contributed by atoms with Gasteiger partial charge < -0.3 is 23.8 Å². The number of hydrogen-bond acceptors (Lipinski definition) is 11. The first-order valence-electron chi connectivity index (χ1n) is 17.9. The molecule has 3 aliphatic rings. The molecule has 2 aliphatic carbocycles. The molecule has 4 atom stereocenters. The van der Waals surface area contributed by atoms with Crippen molar-refractivity contribution in [3.05, 3.63) is 120 Å². The van der Waals surface area contributed by atoms with E-state index < -0.39 is 41.1 Å².